The van der Waals surface area contributed by atoms with E-state index in [0.717, 1.165) is 11.1 Å². The zero-order valence-corrected chi connectivity index (χ0v) is 15.4. The van der Waals surface area contributed by atoms with Crippen molar-refractivity contribution in [3.05, 3.63) is 76.9 Å². The Bertz CT molecular complexity index is 909. The molecule has 2 heterocycles. The average Bonchev–Trinajstić information content (AvgIpc) is 3.18. The van der Waals surface area contributed by atoms with Crippen LogP contribution in [0.5, 0.6) is 0 Å². The number of carbonyl (C=O) groups excluding carboxylic acids is 1. The molecule has 1 saturated heterocycles. The lowest BCUT2D eigenvalue weighted by Crippen LogP contribution is -2.43. The van der Waals surface area contributed by atoms with Crippen molar-refractivity contribution in [3.8, 4) is 11.3 Å². The molecule has 5 nitrogen and oxygen atoms in total. The smallest absolute Gasteiger partial charge is 0.228 e. The summed E-state index contributed by atoms with van der Waals surface area (Å²) in [5, 5.41) is 4.73. The molecular formula is C21H19ClN2O3. The number of rotatable bonds is 4. The highest BCUT2D eigenvalue weighted by molar-refractivity contribution is 6.30. The van der Waals surface area contributed by atoms with E-state index in [1.807, 2.05) is 65.6 Å². The first-order valence-corrected chi connectivity index (χ1v) is 9.23. The molecule has 27 heavy (non-hydrogen) atoms. The lowest BCUT2D eigenvalue weighted by atomic mass is 10.1. The molecule has 138 valence electrons. The predicted molar refractivity (Wildman–Crippen MR) is 102 cm³/mol. The number of hydrogen-bond acceptors (Lipinski definition) is 4. The summed E-state index contributed by atoms with van der Waals surface area (Å²) < 4.78 is 11.2. The third-order valence-corrected chi connectivity index (χ3v) is 4.86. The largest absolute Gasteiger partial charge is 0.370 e. The summed E-state index contributed by atoms with van der Waals surface area (Å²) in [7, 11) is 0. The summed E-state index contributed by atoms with van der Waals surface area (Å²) >= 11 is 5.95. The molecule has 2 aromatic carbocycles. The van der Waals surface area contributed by atoms with Crippen LogP contribution in [0.3, 0.4) is 0 Å². The number of ether oxygens (including phenoxy) is 1. The number of hydrogen-bond donors (Lipinski definition) is 0. The Labute approximate surface area is 162 Å². The summed E-state index contributed by atoms with van der Waals surface area (Å²) in [5.41, 5.74) is 2.59. The number of nitrogens with zero attached hydrogens (tertiary/aromatic N) is 2. The molecule has 1 amide bonds. The first-order valence-electron chi connectivity index (χ1n) is 8.85. The molecule has 0 bridgehead atoms. The Morgan fingerprint density at radius 3 is 2.70 bits per heavy atom. The van der Waals surface area contributed by atoms with Crippen molar-refractivity contribution < 1.29 is 14.1 Å². The van der Waals surface area contributed by atoms with Gasteiger partial charge in [0.2, 0.25) is 5.91 Å². The van der Waals surface area contributed by atoms with Crippen molar-refractivity contribution in [1.82, 2.24) is 10.1 Å². The molecule has 0 radical (unpaired) electrons. The van der Waals surface area contributed by atoms with Crippen molar-refractivity contribution in [2.45, 2.75) is 12.5 Å². The summed E-state index contributed by atoms with van der Waals surface area (Å²) in [6.45, 7) is 1.60. The second-order valence-electron chi connectivity index (χ2n) is 6.48. The van der Waals surface area contributed by atoms with Crippen LogP contribution in [0.2, 0.25) is 5.02 Å². The second kappa shape index (κ2) is 7.94. The Morgan fingerprint density at radius 2 is 1.93 bits per heavy atom. The first kappa shape index (κ1) is 17.8. The van der Waals surface area contributed by atoms with E-state index in [0.29, 0.717) is 36.2 Å². The normalized spacial score (nSPS) is 17.1. The van der Waals surface area contributed by atoms with Gasteiger partial charge in [-0.15, -0.1) is 0 Å². The van der Waals surface area contributed by atoms with Gasteiger partial charge in [0.15, 0.2) is 5.76 Å². The highest BCUT2D eigenvalue weighted by Gasteiger charge is 2.26. The minimum Gasteiger partial charge on any atom is -0.370 e. The van der Waals surface area contributed by atoms with Gasteiger partial charge in [0.1, 0.15) is 6.10 Å². The van der Waals surface area contributed by atoms with Crippen LogP contribution in [0, 0.1) is 0 Å². The topological polar surface area (TPSA) is 55.6 Å². The van der Waals surface area contributed by atoms with Gasteiger partial charge in [0, 0.05) is 23.2 Å². The molecule has 1 atom stereocenters. The number of halogens is 1. The summed E-state index contributed by atoms with van der Waals surface area (Å²) in [4.78, 5) is 14.5. The standard InChI is InChI=1S/C21H19ClN2O3/c22-17-8-6-16(7-9-17)20-14-24(10-11-26-20)21(25)13-18-12-19(27-23-18)15-4-2-1-3-5-15/h1-9,12,20H,10-11,13-14H2. The highest BCUT2D eigenvalue weighted by atomic mass is 35.5. The van der Waals surface area contributed by atoms with E-state index in [1.165, 1.54) is 0 Å². The third-order valence-electron chi connectivity index (χ3n) is 4.61. The van der Waals surface area contributed by atoms with E-state index >= 15 is 0 Å². The molecule has 3 aromatic rings. The molecule has 1 unspecified atom stereocenters. The molecule has 0 saturated carbocycles. The molecule has 0 spiro atoms. The molecule has 0 aliphatic carbocycles. The fourth-order valence-electron chi connectivity index (χ4n) is 3.16. The molecule has 1 aliphatic rings. The molecule has 1 aliphatic heterocycles. The lowest BCUT2D eigenvalue weighted by molar-refractivity contribution is -0.138. The van der Waals surface area contributed by atoms with Gasteiger partial charge in [-0.3, -0.25) is 4.79 Å². The monoisotopic (exact) mass is 382 g/mol. The van der Waals surface area contributed by atoms with Gasteiger partial charge in [0.25, 0.3) is 0 Å². The van der Waals surface area contributed by atoms with Gasteiger partial charge < -0.3 is 14.2 Å². The number of carbonyl (C=O) groups is 1. The van der Waals surface area contributed by atoms with Crippen LogP contribution in [0.25, 0.3) is 11.3 Å². The van der Waals surface area contributed by atoms with Crippen molar-refractivity contribution in [2.24, 2.45) is 0 Å². The van der Waals surface area contributed by atoms with Crippen LogP contribution in [0.15, 0.2) is 65.2 Å². The maximum absolute atomic E-state index is 12.7. The van der Waals surface area contributed by atoms with E-state index in [2.05, 4.69) is 5.16 Å². The average molecular weight is 383 g/mol. The SMILES string of the molecule is O=C(Cc1cc(-c2ccccc2)on1)N1CCOC(c2ccc(Cl)cc2)C1. The van der Waals surface area contributed by atoms with Crippen LogP contribution < -0.4 is 0 Å². The quantitative estimate of drug-likeness (QED) is 0.680. The number of aromatic nitrogens is 1. The minimum absolute atomic E-state index is 0.0187. The van der Waals surface area contributed by atoms with Crippen molar-refractivity contribution >= 4 is 17.5 Å². The van der Waals surface area contributed by atoms with Crippen molar-refractivity contribution in [1.29, 1.82) is 0 Å². The Hall–Kier alpha value is -2.63. The molecule has 0 N–H and O–H groups in total. The second-order valence-corrected chi connectivity index (χ2v) is 6.91. The molecule has 4 rings (SSSR count). The summed E-state index contributed by atoms with van der Waals surface area (Å²) in [6.07, 6.45) is 0.0705. The van der Waals surface area contributed by atoms with Crippen LogP contribution in [0.4, 0.5) is 0 Å². The molecular weight excluding hydrogens is 364 g/mol. The van der Waals surface area contributed by atoms with E-state index in [-0.39, 0.29) is 18.4 Å². The number of amides is 1. The zero-order valence-electron chi connectivity index (χ0n) is 14.7. The van der Waals surface area contributed by atoms with Gasteiger partial charge in [-0.1, -0.05) is 59.2 Å². The van der Waals surface area contributed by atoms with E-state index in [4.69, 9.17) is 20.9 Å². The Morgan fingerprint density at radius 1 is 1.15 bits per heavy atom. The fourth-order valence-corrected chi connectivity index (χ4v) is 3.28. The maximum Gasteiger partial charge on any atom is 0.228 e. The third kappa shape index (κ3) is 4.21. The molecule has 1 aromatic heterocycles. The van der Waals surface area contributed by atoms with Crippen LogP contribution in [0.1, 0.15) is 17.4 Å². The first-order chi connectivity index (χ1) is 13.2. The zero-order chi connectivity index (χ0) is 18.6. The lowest BCUT2D eigenvalue weighted by Gasteiger charge is -2.33. The van der Waals surface area contributed by atoms with Gasteiger partial charge in [-0.25, -0.2) is 0 Å². The maximum atomic E-state index is 12.7. The molecule has 6 heteroatoms. The minimum atomic E-state index is -0.142. The van der Waals surface area contributed by atoms with Gasteiger partial charge in [0.05, 0.1) is 25.3 Å². The Kier molecular flexibility index (Phi) is 5.23. The highest BCUT2D eigenvalue weighted by Crippen LogP contribution is 2.25. The summed E-state index contributed by atoms with van der Waals surface area (Å²) in [5.74, 6) is 0.685. The van der Waals surface area contributed by atoms with Crippen molar-refractivity contribution in [3.63, 3.8) is 0 Å². The van der Waals surface area contributed by atoms with Crippen molar-refractivity contribution in [2.75, 3.05) is 19.7 Å². The number of morpholine rings is 1. The van der Waals surface area contributed by atoms with Crippen LogP contribution in [-0.4, -0.2) is 35.7 Å². The fraction of sp³-hybridized carbons (Fsp3) is 0.238. The van der Waals surface area contributed by atoms with Gasteiger partial charge >= 0.3 is 0 Å². The van der Waals surface area contributed by atoms with E-state index in [1.54, 1.807) is 0 Å². The molecule has 1 fully saturated rings. The van der Waals surface area contributed by atoms with E-state index in [9.17, 15) is 4.79 Å². The van der Waals surface area contributed by atoms with Crippen LogP contribution in [-0.2, 0) is 16.0 Å². The van der Waals surface area contributed by atoms with E-state index < -0.39 is 0 Å². The number of benzene rings is 2. The Balaban J connectivity index is 1.41. The van der Waals surface area contributed by atoms with Crippen LogP contribution >= 0.6 is 11.6 Å². The van der Waals surface area contributed by atoms with Gasteiger partial charge in [-0.2, -0.15) is 0 Å². The predicted octanol–water partition coefficient (Wildman–Crippen LogP) is 4.14. The van der Waals surface area contributed by atoms with Gasteiger partial charge in [-0.05, 0) is 17.7 Å². The summed E-state index contributed by atoms with van der Waals surface area (Å²) in [6, 6.07) is 19.1.